The van der Waals surface area contributed by atoms with E-state index in [-0.39, 0.29) is 29.7 Å². The Hall–Kier alpha value is -2.34. The summed E-state index contributed by atoms with van der Waals surface area (Å²) in [6.07, 6.45) is 4.63. The molecule has 0 radical (unpaired) electrons. The summed E-state index contributed by atoms with van der Waals surface area (Å²) >= 11 is 6.42. The Morgan fingerprint density at radius 3 is 2.45 bits per heavy atom. The minimum atomic E-state index is -0.244. The summed E-state index contributed by atoms with van der Waals surface area (Å²) in [5, 5.41) is 8.24. The molecule has 1 heterocycles. The maximum absolute atomic E-state index is 13.0. The lowest BCUT2D eigenvalue weighted by Crippen LogP contribution is -2.40. The molecule has 6 nitrogen and oxygen atoms in total. The molecule has 33 heavy (non-hydrogen) atoms. The van der Waals surface area contributed by atoms with Crippen LogP contribution in [0, 0.1) is 5.92 Å². The summed E-state index contributed by atoms with van der Waals surface area (Å²) < 4.78 is 1.67. The van der Waals surface area contributed by atoms with Gasteiger partial charge in [-0.3, -0.25) is 9.59 Å². The third-order valence-corrected chi connectivity index (χ3v) is 5.66. The maximum Gasteiger partial charge on any atom is 0.245 e. The first kappa shape index (κ1) is 26.9. The zero-order valence-corrected chi connectivity index (χ0v) is 21.7. The zero-order valence-electron chi connectivity index (χ0n) is 20.9. The van der Waals surface area contributed by atoms with Crippen LogP contribution in [0.4, 0.5) is 5.82 Å². The van der Waals surface area contributed by atoms with E-state index in [1.807, 2.05) is 24.3 Å². The standard InChI is InChI=1S/C26H39ClN4O2/c1-7-8-9-10-15-25(33)30(17-19(2)3)18-24(32)28-23-16-22(26(4,5)6)29-31(23)21-14-12-11-13-20(21)27/h11-14,16,19H,7-10,15,17-18H2,1-6H3,(H,28,32). The van der Waals surface area contributed by atoms with Crippen LogP contribution >= 0.6 is 11.6 Å². The second-order valence-corrected chi connectivity index (χ2v) is 10.5. The molecule has 0 saturated heterocycles. The van der Waals surface area contributed by atoms with Crippen molar-refractivity contribution in [3.63, 3.8) is 0 Å². The van der Waals surface area contributed by atoms with Gasteiger partial charge in [-0.25, -0.2) is 4.68 Å². The number of nitrogens with one attached hydrogen (secondary N) is 1. The molecule has 2 rings (SSSR count). The van der Waals surface area contributed by atoms with Crippen LogP contribution in [0.1, 0.15) is 79.3 Å². The van der Waals surface area contributed by atoms with E-state index >= 15 is 0 Å². The smallest absolute Gasteiger partial charge is 0.245 e. The first-order valence-corrected chi connectivity index (χ1v) is 12.3. The van der Waals surface area contributed by atoms with E-state index in [1.165, 1.54) is 0 Å². The Morgan fingerprint density at radius 1 is 1.15 bits per heavy atom. The van der Waals surface area contributed by atoms with E-state index in [2.05, 4.69) is 46.9 Å². The number of aromatic nitrogens is 2. The van der Waals surface area contributed by atoms with Crippen LogP contribution in [0.5, 0.6) is 0 Å². The maximum atomic E-state index is 13.0. The third-order valence-electron chi connectivity index (χ3n) is 5.34. The van der Waals surface area contributed by atoms with Gasteiger partial charge in [0.1, 0.15) is 5.82 Å². The minimum Gasteiger partial charge on any atom is -0.333 e. The minimum absolute atomic E-state index is 0.0172. The topological polar surface area (TPSA) is 67.2 Å². The Kier molecular flexibility index (Phi) is 9.96. The van der Waals surface area contributed by atoms with Crippen molar-refractivity contribution in [2.45, 2.75) is 79.1 Å². The Labute approximate surface area is 203 Å². The number of unbranched alkanes of at least 4 members (excludes halogenated alkanes) is 3. The highest BCUT2D eigenvalue weighted by Crippen LogP contribution is 2.29. The molecule has 0 aliphatic carbocycles. The second kappa shape index (κ2) is 12.2. The molecular formula is C26H39ClN4O2. The lowest BCUT2D eigenvalue weighted by molar-refractivity contribution is -0.135. The zero-order chi connectivity index (χ0) is 24.6. The highest BCUT2D eigenvalue weighted by molar-refractivity contribution is 6.32. The summed E-state index contributed by atoms with van der Waals surface area (Å²) in [6, 6.07) is 9.27. The van der Waals surface area contributed by atoms with Crippen molar-refractivity contribution in [2.24, 2.45) is 5.92 Å². The van der Waals surface area contributed by atoms with Gasteiger partial charge in [-0.15, -0.1) is 0 Å². The van der Waals surface area contributed by atoms with Gasteiger partial charge in [0.05, 0.1) is 22.9 Å². The van der Waals surface area contributed by atoms with Crippen molar-refractivity contribution >= 4 is 29.2 Å². The molecule has 2 amide bonds. The summed E-state index contributed by atoms with van der Waals surface area (Å²) in [5.41, 5.74) is 1.32. The van der Waals surface area contributed by atoms with Gasteiger partial charge in [0.25, 0.3) is 0 Å². The molecule has 0 aliphatic heterocycles. The summed E-state index contributed by atoms with van der Waals surface area (Å²) in [5.74, 6) is 0.604. The average molecular weight is 475 g/mol. The number of anilines is 1. The fourth-order valence-corrected chi connectivity index (χ4v) is 3.77. The highest BCUT2D eigenvalue weighted by Gasteiger charge is 2.24. The van der Waals surface area contributed by atoms with Crippen LogP contribution in [0.15, 0.2) is 30.3 Å². The predicted octanol–water partition coefficient (Wildman–Crippen LogP) is 6.22. The number of carbonyl (C=O) groups is 2. The normalized spacial score (nSPS) is 11.6. The van der Waals surface area contributed by atoms with Crippen LogP contribution in [-0.4, -0.2) is 39.6 Å². The van der Waals surface area contributed by atoms with Gasteiger partial charge in [0, 0.05) is 24.4 Å². The van der Waals surface area contributed by atoms with E-state index < -0.39 is 0 Å². The molecule has 2 aromatic rings. The number of halogens is 1. The number of nitrogens with zero attached hydrogens (tertiary/aromatic N) is 3. The number of hydrogen-bond acceptors (Lipinski definition) is 3. The molecule has 1 aromatic heterocycles. The predicted molar refractivity (Wildman–Crippen MR) is 136 cm³/mol. The van der Waals surface area contributed by atoms with Crippen molar-refractivity contribution in [2.75, 3.05) is 18.4 Å². The number of hydrogen-bond donors (Lipinski definition) is 1. The number of amides is 2. The summed E-state index contributed by atoms with van der Waals surface area (Å²) in [4.78, 5) is 27.5. The van der Waals surface area contributed by atoms with Gasteiger partial charge in [0.2, 0.25) is 11.8 Å². The lowest BCUT2D eigenvalue weighted by atomic mass is 9.92. The lowest BCUT2D eigenvalue weighted by Gasteiger charge is -2.24. The van der Waals surface area contributed by atoms with Crippen LogP contribution in [0.2, 0.25) is 5.02 Å². The first-order valence-electron chi connectivity index (χ1n) is 12.0. The quantitative estimate of drug-likeness (QED) is 0.393. The summed E-state index contributed by atoms with van der Waals surface area (Å²) in [6.45, 7) is 13.0. The van der Waals surface area contributed by atoms with Gasteiger partial charge in [0.15, 0.2) is 0 Å². The van der Waals surface area contributed by atoms with Gasteiger partial charge in [-0.1, -0.05) is 84.5 Å². The van der Waals surface area contributed by atoms with E-state index in [1.54, 1.807) is 15.6 Å². The van der Waals surface area contributed by atoms with E-state index in [0.717, 1.165) is 31.4 Å². The molecule has 0 spiro atoms. The largest absolute Gasteiger partial charge is 0.333 e. The van der Waals surface area contributed by atoms with Crippen LogP contribution in [0.25, 0.3) is 5.69 Å². The van der Waals surface area contributed by atoms with Crippen molar-refractivity contribution in [3.05, 3.63) is 41.0 Å². The van der Waals surface area contributed by atoms with Crippen LogP contribution < -0.4 is 5.32 Å². The molecule has 0 atom stereocenters. The van der Waals surface area contributed by atoms with Crippen molar-refractivity contribution < 1.29 is 9.59 Å². The Bertz CT molecular complexity index is 931. The van der Waals surface area contributed by atoms with E-state index in [4.69, 9.17) is 16.7 Å². The monoisotopic (exact) mass is 474 g/mol. The van der Waals surface area contributed by atoms with Gasteiger partial charge >= 0.3 is 0 Å². The Balaban J connectivity index is 2.22. The van der Waals surface area contributed by atoms with Crippen molar-refractivity contribution in [1.82, 2.24) is 14.7 Å². The molecule has 7 heteroatoms. The fourth-order valence-electron chi connectivity index (χ4n) is 3.56. The molecule has 0 aliphatic rings. The van der Waals surface area contributed by atoms with Crippen LogP contribution in [-0.2, 0) is 15.0 Å². The Morgan fingerprint density at radius 2 is 1.85 bits per heavy atom. The fraction of sp³-hybridized carbons (Fsp3) is 0.577. The number of para-hydroxylation sites is 1. The molecule has 0 fully saturated rings. The van der Waals surface area contributed by atoms with Gasteiger partial charge in [-0.05, 0) is 24.5 Å². The molecule has 0 unspecified atom stereocenters. The van der Waals surface area contributed by atoms with Crippen molar-refractivity contribution in [1.29, 1.82) is 0 Å². The number of carbonyl (C=O) groups excluding carboxylic acids is 2. The third kappa shape index (κ3) is 8.18. The first-order chi connectivity index (χ1) is 15.5. The summed E-state index contributed by atoms with van der Waals surface area (Å²) in [7, 11) is 0. The molecular weight excluding hydrogens is 436 g/mol. The average Bonchev–Trinajstić information content (AvgIpc) is 3.14. The molecule has 0 saturated carbocycles. The second-order valence-electron chi connectivity index (χ2n) is 10.1. The molecule has 1 aromatic carbocycles. The molecule has 1 N–H and O–H groups in total. The SMILES string of the molecule is CCCCCCC(=O)N(CC(=O)Nc1cc(C(C)(C)C)nn1-c1ccccc1Cl)CC(C)C. The van der Waals surface area contributed by atoms with E-state index in [9.17, 15) is 9.59 Å². The van der Waals surface area contributed by atoms with Crippen LogP contribution in [0.3, 0.4) is 0 Å². The van der Waals surface area contributed by atoms with Crippen molar-refractivity contribution in [3.8, 4) is 5.69 Å². The highest BCUT2D eigenvalue weighted by atomic mass is 35.5. The number of rotatable bonds is 11. The van der Waals surface area contributed by atoms with Gasteiger partial charge < -0.3 is 10.2 Å². The molecule has 0 bridgehead atoms. The molecule has 182 valence electrons. The van der Waals surface area contributed by atoms with E-state index in [0.29, 0.717) is 29.5 Å². The van der Waals surface area contributed by atoms with Gasteiger partial charge in [-0.2, -0.15) is 5.10 Å². The number of benzene rings is 1.